The number of hydrogen-bond donors (Lipinski definition) is 1. The molecule has 9 nitrogen and oxygen atoms in total. The first-order valence-electron chi connectivity index (χ1n) is 9.67. The summed E-state index contributed by atoms with van der Waals surface area (Å²) in [6.45, 7) is 5.16. The number of amides is 1. The predicted octanol–water partition coefficient (Wildman–Crippen LogP) is 2.50. The lowest BCUT2D eigenvalue weighted by Crippen LogP contribution is -2.41. The first-order chi connectivity index (χ1) is 14.2. The van der Waals surface area contributed by atoms with Gasteiger partial charge in [0.2, 0.25) is 5.95 Å². The van der Waals surface area contributed by atoms with Crippen molar-refractivity contribution in [3.05, 3.63) is 42.0 Å². The molecule has 29 heavy (non-hydrogen) atoms. The van der Waals surface area contributed by atoms with Gasteiger partial charge in [-0.05, 0) is 38.3 Å². The Labute approximate surface area is 167 Å². The SMILES string of the molecule is C/C=C1/C(=O)N(C2CCOCC2)c2nc(Nc3cn4ncnc4cc3C)ncc21. The predicted molar refractivity (Wildman–Crippen MR) is 108 cm³/mol. The van der Waals surface area contributed by atoms with Crippen LogP contribution in [-0.4, -0.2) is 49.7 Å². The molecule has 148 valence electrons. The van der Waals surface area contributed by atoms with Crippen LogP contribution in [0.15, 0.2) is 30.9 Å². The van der Waals surface area contributed by atoms with E-state index in [0.29, 0.717) is 30.6 Å². The number of aromatic nitrogens is 5. The third kappa shape index (κ3) is 2.94. The summed E-state index contributed by atoms with van der Waals surface area (Å²) in [6, 6.07) is 2.03. The van der Waals surface area contributed by atoms with Crippen LogP contribution >= 0.6 is 0 Å². The van der Waals surface area contributed by atoms with Crippen molar-refractivity contribution < 1.29 is 9.53 Å². The topological polar surface area (TPSA) is 97.5 Å². The first-order valence-corrected chi connectivity index (χ1v) is 9.67. The number of ether oxygens (including phenoxy) is 1. The molecular weight excluding hydrogens is 370 g/mol. The number of nitrogens with one attached hydrogen (secondary N) is 1. The lowest BCUT2D eigenvalue weighted by atomic mass is 10.1. The van der Waals surface area contributed by atoms with Crippen LogP contribution in [0.1, 0.15) is 30.9 Å². The van der Waals surface area contributed by atoms with E-state index in [9.17, 15) is 4.79 Å². The summed E-state index contributed by atoms with van der Waals surface area (Å²) >= 11 is 0. The zero-order valence-electron chi connectivity index (χ0n) is 16.3. The fourth-order valence-corrected chi connectivity index (χ4v) is 3.92. The van der Waals surface area contributed by atoms with E-state index in [4.69, 9.17) is 9.72 Å². The summed E-state index contributed by atoms with van der Waals surface area (Å²) in [7, 11) is 0. The maximum atomic E-state index is 13.0. The van der Waals surface area contributed by atoms with Crippen LogP contribution in [0.5, 0.6) is 0 Å². The Morgan fingerprint density at radius 1 is 1.28 bits per heavy atom. The minimum Gasteiger partial charge on any atom is -0.381 e. The molecule has 0 unspecified atom stereocenters. The van der Waals surface area contributed by atoms with Gasteiger partial charge in [0.15, 0.2) is 5.65 Å². The van der Waals surface area contributed by atoms with Gasteiger partial charge in [-0.3, -0.25) is 9.69 Å². The number of rotatable bonds is 3. The van der Waals surface area contributed by atoms with Crippen LogP contribution in [-0.2, 0) is 9.53 Å². The maximum absolute atomic E-state index is 13.0. The van der Waals surface area contributed by atoms with E-state index in [2.05, 4.69) is 20.4 Å². The van der Waals surface area contributed by atoms with E-state index in [1.54, 1.807) is 10.7 Å². The number of fused-ring (bicyclic) bond motifs is 2. The number of allylic oxidation sites excluding steroid dienone is 1. The van der Waals surface area contributed by atoms with E-state index < -0.39 is 0 Å². The number of anilines is 3. The summed E-state index contributed by atoms with van der Waals surface area (Å²) in [5.41, 5.74) is 4.03. The van der Waals surface area contributed by atoms with Gasteiger partial charge >= 0.3 is 0 Å². The zero-order valence-corrected chi connectivity index (χ0v) is 16.3. The number of aryl methyl sites for hydroxylation is 1. The minimum absolute atomic E-state index is 0.0129. The van der Waals surface area contributed by atoms with Crippen molar-refractivity contribution >= 4 is 34.6 Å². The molecule has 2 aliphatic rings. The fourth-order valence-electron chi connectivity index (χ4n) is 3.92. The second-order valence-electron chi connectivity index (χ2n) is 7.21. The van der Waals surface area contributed by atoms with E-state index in [1.807, 2.05) is 37.1 Å². The van der Waals surface area contributed by atoms with Crippen LogP contribution in [0.3, 0.4) is 0 Å². The molecule has 0 atom stereocenters. The molecule has 1 N–H and O–H groups in total. The number of pyridine rings is 1. The maximum Gasteiger partial charge on any atom is 0.260 e. The van der Waals surface area contributed by atoms with Gasteiger partial charge in [-0.1, -0.05) is 6.08 Å². The Bertz CT molecular complexity index is 1130. The Morgan fingerprint density at radius 2 is 2.10 bits per heavy atom. The van der Waals surface area contributed by atoms with Crippen molar-refractivity contribution in [1.29, 1.82) is 0 Å². The van der Waals surface area contributed by atoms with Crippen molar-refractivity contribution in [2.75, 3.05) is 23.4 Å². The van der Waals surface area contributed by atoms with Gasteiger partial charge in [-0.15, -0.1) is 0 Å². The third-order valence-electron chi connectivity index (χ3n) is 5.45. The van der Waals surface area contributed by atoms with Gasteiger partial charge in [0, 0.05) is 36.6 Å². The Morgan fingerprint density at radius 3 is 2.90 bits per heavy atom. The van der Waals surface area contributed by atoms with E-state index in [0.717, 1.165) is 35.3 Å². The van der Waals surface area contributed by atoms with Crippen molar-refractivity contribution in [3.63, 3.8) is 0 Å². The molecule has 3 aromatic rings. The molecule has 3 aromatic heterocycles. The van der Waals surface area contributed by atoms with Crippen molar-refractivity contribution in [3.8, 4) is 0 Å². The average molecular weight is 391 g/mol. The van der Waals surface area contributed by atoms with Gasteiger partial charge < -0.3 is 10.1 Å². The second kappa shape index (κ2) is 6.93. The van der Waals surface area contributed by atoms with Gasteiger partial charge in [0.05, 0.1) is 11.9 Å². The molecule has 0 aliphatic carbocycles. The summed E-state index contributed by atoms with van der Waals surface area (Å²) < 4.78 is 7.16. The lowest BCUT2D eigenvalue weighted by molar-refractivity contribution is -0.113. The molecule has 0 bridgehead atoms. The van der Waals surface area contributed by atoms with Crippen LogP contribution in [0.4, 0.5) is 17.5 Å². The van der Waals surface area contributed by atoms with Crippen molar-refractivity contribution in [2.45, 2.75) is 32.7 Å². The molecule has 9 heteroatoms. The average Bonchev–Trinajstić information content (AvgIpc) is 3.29. The highest BCUT2D eigenvalue weighted by Crippen LogP contribution is 2.38. The zero-order chi connectivity index (χ0) is 20.0. The fraction of sp³-hybridized carbons (Fsp3) is 0.350. The quantitative estimate of drug-likeness (QED) is 0.685. The summed E-state index contributed by atoms with van der Waals surface area (Å²) in [5.74, 6) is 1.08. The molecule has 1 amide bonds. The first kappa shape index (κ1) is 17.7. The number of carbonyl (C=O) groups is 1. The second-order valence-corrected chi connectivity index (χ2v) is 7.21. The smallest absolute Gasteiger partial charge is 0.260 e. The molecule has 2 aliphatic heterocycles. The van der Waals surface area contributed by atoms with Gasteiger partial charge in [0.1, 0.15) is 12.1 Å². The third-order valence-corrected chi connectivity index (χ3v) is 5.45. The van der Waals surface area contributed by atoms with Crippen LogP contribution < -0.4 is 10.2 Å². The largest absolute Gasteiger partial charge is 0.381 e. The molecule has 1 fully saturated rings. The summed E-state index contributed by atoms with van der Waals surface area (Å²) in [4.78, 5) is 28.2. The normalized spacial score (nSPS) is 18.6. The monoisotopic (exact) mass is 391 g/mol. The van der Waals surface area contributed by atoms with Crippen LogP contribution in [0.2, 0.25) is 0 Å². The van der Waals surface area contributed by atoms with E-state index in [1.165, 1.54) is 6.33 Å². The standard InChI is InChI=1S/C20H21N7O2/c1-3-14-15-9-21-20(24-16-10-26-17(8-12(16)2)22-11-23-26)25-18(15)27(19(14)28)13-4-6-29-7-5-13/h3,8-11,13H,4-7H2,1-2H3,(H,21,24,25)/b14-3+. The number of carbonyl (C=O) groups excluding carboxylic acids is 1. The highest BCUT2D eigenvalue weighted by molar-refractivity contribution is 6.32. The molecule has 5 rings (SSSR count). The van der Waals surface area contributed by atoms with E-state index >= 15 is 0 Å². The Kier molecular flexibility index (Phi) is 4.24. The lowest BCUT2D eigenvalue weighted by Gasteiger charge is -2.30. The van der Waals surface area contributed by atoms with Crippen LogP contribution in [0, 0.1) is 6.92 Å². The molecule has 1 saturated heterocycles. The molecule has 0 aromatic carbocycles. The van der Waals surface area contributed by atoms with Crippen molar-refractivity contribution in [2.24, 2.45) is 0 Å². The van der Waals surface area contributed by atoms with Gasteiger partial charge in [-0.2, -0.15) is 10.1 Å². The minimum atomic E-state index is -0.0129. The molecule has 5 heterocycles. The van der Waals surface area contributed by atoms with E-state index in [-0.39, 0.29) is 11.9 Å². The molecule has 0 radical (unpaired) electrons. The molecule has 0 spiro atoms. The summed E-state index contributed by atoms with van der Waals surface area (Å²) in [6.07, 6.45) is 8.53. The number of nitrogens with zero attached hydrogens (tertiary/aromatic N) is 6. The number of hydrogen-bond acceptors (Lipinski definition) is 7. The summed E-state index contributed by atoms with van der Waals surface area (Å²) in [5, 5.41) is 7.44. The Balaban J connectivity index is 1.52. The molecular formula is C20H21N7O2. The van der Waals surface area contributed by atoms with Gasteiger partial charge in [0.25, 0.3) is 5.91 Å². The Hall–Kier alpha value is -3.33. The van der Waals surface area contributed by atoms with Crippen LogP contribution in [0.25, 0.3) is 11.2 Å². The van der Waals surface area contributed by atoms with Crippen molar-refractivity contribution in [1.82, 2.24) is 24.6 Å². The van der Waals surface area contributed by atoms with Gasteiger partial charge in [-0.25, -0.2) is 14.5 Å². The highest BCUT2D eigenvalue weighted by Gasteiger charge is 2.39. The highest BCUT2D eigenvalue weighted by atomic mass is 16.5. The molecule has 0 saturated carbocycles.